The molecular formula is C10H15BrN4O2. The van der Waals surface area contributed by atoms with Crippen LogP contribution in [0.25, 0.3) is 0 Å². The lowest BCUT2D eigenvalue weighted by molar-refractivity contribution is -0.385. The minimum atomic E-state index is -0.447. The van der Waals surface area contributed by atoms with E-state index in [1.807, 2.05) is 6.92 Å². The summed E-state index contributed by atoms with van der Waals surface area (Å²) in [5, 5.41) is 13.9. The van der Waals surface area contributed by atoms with Crippen LogP contribution in [0.15, 0.2) is 10.7 Å². The molecule has 0 aliphatic carbocycles. The molecule has 0 aromatic carbocycles. The van der Waals surface area contributed by atoms with Gasteiger partial charge in [-0.3, -0.25) is 10.1 Å². The summed E-state index contributed by atoms with van der Waals surface area (Å²) in [4.78, 5) is 14.3. The number of rotatable bonds is 5. The molecule has 1 aromatic heterocycles. The number of nitrogens with one attached hydrogen (secondary N) is 1. The van der Waals surface area contributed by atoms with Gasteiger partial charge < -0.3 is 11.1 Å². The van der Waals surface area contributed by atoms with Crippen LogP contribution in [0.4, 0.5) is 11.5 Å². The van der Waals surface area contributed by atoms with E-state index >= 15 is 0 Å². The van der Waals surface area contributed by atoms with Crippen molar-refractivity contribution in [3.05, 3.63) is 26.3 Å². The zero-order valence-electron chi connectivity index (χ0n) is 9.74. The second kappa shape index (κ2) is 5.92. The highest BCUT2D eigenvalue weighted by molar-refractivity contribution is 9.10. The lowest BCUT2D eigenvalue weighted by Crippen LogP contribution is -2.28. The van der Waals surface area contributed by atoms with Crippen LogP contribution in [0.5, 0.6) is 0 Å². The van der Waals surface area contributed by atoms with Gasteiger partial charge in [0, 0.05) is 18.2 Å². The summed E-state index contributed by atoms with van der Waals surface area (Å²) in [7, 11) is 0. The van der Waals surface area contributed by atoms with E-state index in [0.29, 0.717) is 22.4 Å². The molecule has 0 radical (unpaired) electrons. The summed E-state index contributed by atoms with van der Waals surface area (Å²) in [6.07, 6.45) is 2.12. The second-order valence-corrected chi connectivity index (χ2v) is 4.47. The molecule has 1 aromatic rings. The first-order chi connectivity index (χ1) is 8.01. The van der Waals surface area contributed by atoms with Crippen LogP contribution in [0.1, 0.15) is 18.9 Å². The molecule has 94 valence electrons. The van der Waals surface area contributed by atoms with Crippen LogP contribution >= 0.6 is 15.9 Å². The van der Waals surface area contributed by atoms with Gasteiger partial charge in [0.1, 0.15) is 12.0 Å². The molecule has 17 heavy (non-hydrogen) atoms. The normalized spacial score (nSPS) is 12.2. The number of hydrogen-bond donors (Lipinski definition) is 2. The van der Waals surface area contributed by atoms with Crippen molar-refractivity contribution in [1.29, 1.82) is 0 Å². The number of nitrogens with two attached hydrogens (primary N) is 1. The van der Waals surface area contributed by atoms with Crippen LogP contribution in [0.3, 0.4) is 0 Å². The Kier molecular flexibility index (Phi) is 4.83. The highest BCUT2D eigenvalue weighted by atomic mass is 79.9. The van der Waals surface area contributed by atoms with E-state index in [9.17, 15) is 10.1 Å². The van der Waals surface area contributed by atoms with Gasteiger partial charge in [0.15, 0.2) is 0 Å². The summed E-state index contributed by atoms with van der Waals surface area (Å²) in [6.45, 7) is 4.18. The third-order valence-corrected chi connectivity index (χ3v) is 3.52. The maximum Gasteiger partial charge on any atom is 0.291 e. The topological polar surface area (TPSA) is 94.1 Å². The zero-order valence-corrected chi connectivity index (χ0v) is 11.3. The van der Waals surface area contributed by atoms with Crippen molar-refractivity contribution in [3.8, 4) is 0 Å². The average Bonchev–Trinajstić information content (AvgIpc) is 2.30. The molecule has 3 N–H and O–H groups in total. The molecule has 1 heterocycles. The number of pyridine rings is 1. The minimum absolute atomic E-state index is 0.00298. The molecule has 0 bridgehead atoms. The lowest BCUT2D eigenvalue weighted by Gasteiger charge is -2.16. The molecule has 0 saturated heterocycles. The smallest absolute Gasteiger partial charge is 0.291 e. The number of aromatic nitrogens is 1. The van der Waals surface area contributed by atoms with Crippen molar-refractivity contribution < 1.29 is 4.92 Å². The first-order valence-electron chi connectivity index (χ1n) is 5.27. The molecule has 1 unspecified atom stereocenters. The largest absolute Gasteiger partial charge is 0.365 e. The Hall–Kier alpha value is -1.21. The van der Waals surface area contributed by atoms with E-state index in [4.69, 9.17) is 5.73 Å². The van der Waals surface area contributed by atoms with Gasteiger partial charge in [-0.1, -0.05) is 6.92 Å². The highest BCUT2D eigenvalue weighted by Crippen LogP contribution is 2.30. The van der Waals surface area contributed by atoms with Crippen molar-refractivity contribution in [3.63, 3.8) is 0 Å². The SMILES string of the molecule is CCC(CN)Nc1ncc([N+](=O)[O-])c(C)c1Br. The summed E-state index contributed by atoms with van der Waals surface area (Å²) in [6, 6.07) is 0.111. The van der Waals surface area contributed by atoms with Crippen LogP contribution in [0, 0.1) is 17.0 Å². The monoisotopic (exact) mass is 302 g/mol. The van der Waals surface area contributed by atoms with E-state index in [1.165, 1.54) is 6.20 Å². The van der Waals surface area contributed by atoms with Crippen molar-refractivity contribution in [1.82, 2.24) is 4.98 Å². The number of anilines is 1. The quantitative estimate of drug-likeness (QED) is 0.642. The molecule has 0 aliphatic rings. The van der Waals surface area contributed by atoms with Crippen molar-refractivity contribution in [2.45, 2.75) is 26.3 Å². The standard InChI is InChI=1S/C10H15BrN4O2/c1-3-7(4-12)14-10-9(11)6(2)8(5-13-10)15(16)17/h5,7H,3-4,12H2,1-2H3,(H,13,14). The maximum atomic E-state index is 10.7. The van der Waals surface area contributed by atoms with Crippen LogP contribution < -0.4 is 11.1 Å². The van der Waals surface area contributed by atoms with Crippen molar-refractivity contribution in [2.75, 3.05) is 11.9 Å². The number of nitro groups is 1. The third kappa shape index (κ3) is 3.13. The van der Waals surface area contributed by atoms with Gasteiger partial charge >= 0.3 is 0 Å². The molecule has 0 fully saturated rings. The van der Waals surface area contributed by atoms with Crippen molar-refractivity contribution in [2.24, 2.45) is 5.73 Å². The summed E-state index contributed by atoms with van der Waals surface area (Å²) in [5.74, 6) is 0.588. The van der Waals surface area contributed by atoms with E-state index in [0.717, 1.165) is 6.42 Å². The maximum absolute atomic E-state index is 10.7. The molecule has 1 rings (SSSR count). The Morgan fingerprint density at radius 3 is 2.82 bits per heavy atom. The first-order valence-corrected chi connectivity index (χ1v) is 6.06. The molecule has 0 spiro atoms. The zero-order chi connectivity index (χ0) is 13.0. The lowest BCUT2D eigenvalue weighted by atomic mass is 10.2. The molecule has 0 amide bonds. The van der Waals surface area contributed by atoms with Crippen LogP contribution in [-0.2, 0) is 0 Å². The number of halogens is 1. The minimum Gasteiger partial charge on any atom is -0.365 e. The molecular weight excluding hydrogens is 288 g/mol. The van der Waals surface area contributed by atoms with Crippen molar-refractivity contribution >= 4 is 27.4 Å². The fourth-order valence-electron chi connectivity index (χ4n) is 1.37. The molecule has 6 nitrogen and oxygen atoms in total. The Morgan fingerprint density at radius 1 is 1.71 bits per heavy atom. The Morgan fingerprint density at radius 2 is 2.35 bits per heavy atom. The summed E-state index contributed by atoms with van der Waals surface area (Å²) >= 11 is 3.32. The van der Waals surface area contributed by atoms with E-state index in [-0.39, 0.29) is 11.7 Å². The molecule has 1 atom stereocenters. The summed E-state index contributed by atoms with van der Waals surface area (Å²) in [5.41, 5.74) is 6.14. The predicted octanol–water partition coefficient (Wildman–Crippen LogP) is 2.21. The fraction of sp³-hybridized carbons (Fsp3) is 0.500. The molecule has 7 heteroatoms. The Bertz CT molecular complexity index is 421. The van der Waals surface area contributed by atoms with Gasteiger partial charge in [-0.05, 0) is 29.3 Å². The van der Waals surface area contributed by atoms with Gasteiger partial charge in [0.25, 0.3) is 5.69 Å². The Balaban J connectivity index is 3.04. The van der Waals surface area contributed by atoms with E-state index in [2.05, 4.69) is 26.2 Å². The van der Waals surface area contributed by atoms with Crippen LogP contribution in [-0.4, -0.2) is 22.5 Å². The van der Waals surface area contributed by atoms with E-state index in [1.54, 1.807) is 6.92 Å². The van der Waals surface area contributed by atoms with Gasteiger partial charge in [-0.25, -0.2) is 4.98 Å². The Labute approximate surface area is 108 Å². The average molecular weight is 303 g/mol. The number of hydrogen-bond acceptors (Lipinski definition) is 5. The van der Waals surface area contributed by atoms with Gasteiger partial charge in [0.2, 0.25) is 0 Å². The first kappa shape index (κ1) is 13.9. The van der Waals surface area contributed by atoms with Gasteiger partial charge in [0.05, 0.1) is 9.40 Å². The second-order valence-electron chi connectivity index (χ2n) is 3.67. The number of nitrogens with zero attached hydrogens (tertiary/aromatic N) is 2. The van der Waals surface area contributed by atoms with E-state index < -0.39 is 4.92 Å². The van der Waals surface area contributed by atoms with Gasteiger partial charge in [-0.15, -0.1) is 0 Å². The fourth-order valence-corrected chi connectivity index (χ4v) is 1.79. The summed E-state index contributed by atoms with van der Waals surface area (Å²) < 4.78 is 0.610. The molecule has 0 saturated carbocycles. The highest BCUT2D eigenvalue weighted by Gasteiger charge is 2.18. The predicted molar refractivity (Wildman–Crippen MR) is 70.1 cm³/mol. The molecule has 0 aliphatic heterocycles. The van der Waals surface area contributed by atoms with Crippen LogP contribution in [0.2, 0.25) is 0 Å². The third-order valence-electron chi connectivity index (χ3n) is 2.55. The van der Waals surface area contributed by atoms with Gasteiger partial charge in [-0.2, -0.15) is 0 Å².